The monoisotopic (exact) mass is 408 g/mol. The van der Waals surface area contributed by atoms with Gasteiger partial charge in [0.2, 0.25) is 0 Å². The predicted molar refractivity (Wildman–Crippen MR) is 107 cm³/mol. The van der Waals surface area contributed by atoms with Gasteiger partial charge in [0.15, 0.2) is 0 Å². The Labute approximate surface area is 166 Å². The lowest BCUT2D eigenvalue weighted by atomic mass is 10.1. The summed E-state index contributed by atoms with van der Waals surface area (Å²) in [5.41, 5.74) is 1.89. The van der Waals surface area contributed by atoms with Crippen molar-refractivity contribution in [3.05, 3.63) is 94.6 Å². The molecule has 0 saturated carbocycles. The van der Waals surface area contributed by atoms with Gasteiger partial charge in [-0.05, 0) is 48.4 Å². The van der Waals surface area contributed by atoms with Crippen molar-refractivity contribution in [2.24, 2.45) is 0 Å². The van der Waals surface area contributed by atoms with Gasteiger partial charge < -0.3 is 0 Å². The number of non-ortho nitro benzene ring substituents is 1. The highest BCUT2D eigenvalue weighted by molar-refractivity contribution is 7.90. The fraction of sp³-hybridized carbons (Fsp3) is 0.100. The quantitative estimate of drug-likeness (QED) is 0.358. The molecule has 0 amide bonds. The highest BCUT2D eigenvalue weighted by atomic mass is 32.2. The molecule has 0 bridgehead atoms. The van der Waals surface area contributed by atoms with Gasteiger partial charge in [-0.3, -0.25) is 15.1 Å². The van der Waals surface area contributed by atoms with Gasteiger partial charge in [0.25, 0.3) is 15.7 Å². The number of benzene rings is 2. The molecule has 8 nitrogen and oxygen atoms in total. The average molecular weight is 408 g/mol. The van der Waals surface area contributed by atoms with Crippen molar-refractivity contribution < 1.29 is 13.3 Å². The van der Waals surface area contributed by atoms with Crippen LogP contribution >= 0.6 is 0 Å². The topological polar surface area (TPSA) is 108 Å². The van der Waals surface area contributed by atoms with Crippen LogP contribution in [0.4, 0.5) is 5.69 Å². The maximum Gasteiger partial charge on any atom is 0.269 e. The number of imidazole rings is 1. The summed E-state index contributed by atoms with van der Waals surface area (Å²) < 4.78 is 28.0. The number of fused-ring (bicyclic) bond motifs is 1. The van der Waals surface area contributed by atoms with Crippen LogP contribution in [0.5, 0.6) is 0 Å². The van der Waals surface area contributed by atoms with Gasteiger partial charge in [0.1, 0.15) is 5.82 Å². The Bertz CT molecular complexity index is 1280. The second-order valence-corrected chi connectivity index (χ2v) is 8.18. The van der Waals surface area contributed by atoms with Gasteiger partial charge in [-0.2, -0.15) is 0 Å². The molecule has 0 spiro atoms. The first-order valence-electron chi connectivity index (χ1n) is 8.82. The molecule has 0 fully saturated rings. The average Bonchev–Trinajstić information content (AvgIpc) is 3.12. The van der Waals surface area contributed by atoms with Crippen molar-refractivity contribution in [2.45, 2.75) is 17.7 Å². The third-order valence-electron chi connectivity index (χ3n) is 4.56. The predicted octanol–water partition coefficient (Wildman–Crippen LogP) is 3.36. The first-order chi connectivity index (χ1) is 14.0. The third-order valence-corrected chi connectivity index (χ3v) is 6.31. The molecule has 0 aliphatic rings. The number of hydrogen-bond acceptors (Lipinski definition) is 6. The minimum Gasteiger partial charge on any atom is -0.265 e. The smallest absolute Gasteiger partial charge is 0.265 e. The molecule has 0 radical (unpaired) electrons. The number of aromatic nitrogens is 3. The molecule has 2 aromatic heterocycles. The summed E-state index contributed by atoms with van der Waals surface area (Å²) in [7, 11) is -3.98. The lowest BCUT2D eigenvalue weighted by Gasteiger charge is -2.11. The summed E-state index contributed by atoms with van der Waals surface area (Å²) in [4.78, 5) is 18.8. The Kier molecular flexibility index (Phi) is 4.81. The summed E-state index contributed by atoms with van der Waals surface area (Å²) >= 11 is 0. The SMILES string of the molecule is O=[N+]([O-])c1ccc(S(=O)(=O)n2c(CCc3ccncc3)nc3ccccc32)cc1. The molecule has 0 unspecified atom stereocenters. The largest absolute Gasteiger partial charge is 0.269 e. The standard InChI is InChI=1S/C20H16N4O4S/c25-24(26)16-6-8-17(9-7-16)29(27,28)23-19-4-2-1-3-18(19)22-20(23)10-5-15-11-13-21-14-12-15/h1-4,6-9,11-14H,5,10H2. The number of nitro benzene ring substituents is 1. The number of aryl methyl sites for hydroxylation is 2. The van der Waals surface area contributed by atoms with Crippen LogP contribution in [0, 0.1) is 10.1 Å². The van der Waals surface area contributed by atoms with E-state index < -0.39 is 14.9 Å². The summed E-state index contributed by atoms with van der Waals surface area (Å²) in [6, 6.07) is 15.6. The van der Waals surface area contributed by atoms with Crippen LogP contribution in [-0.4, -0.2) is 27.3 Å². The number of para-hydroxylation sites is 2. The second kappa shape index (κ2) is 7.44. The Hall–Kier alpha value is -3.59. The first kappa shape index (κ1) is 18.8. The lowest BCUT2D eigenvalue weighted by Crippen LogP contribution is -2.16. The molecule has 0 saturated heterocycles. The summed E-state index contributed by atoms with van der Waals surface area (Å²) in [5.74, 6) is 0.404. The molecule has 2 heterocycles. The highest BCUT2D eigenvalue weighted by Crippen LogP contribution is 2.25. The van der Waals surface area contributed by atoms with Gasteiger partial charge in [0, 0.05) is 30.9 Å². The van der Waals surface area contributed by atoms with Crippen LogP contribution in [0.15, 0.2) is 78.0 Å². The molecular weight excluding hydrogens is 392 g/mol. The van der Waals surface area contributed by atoms with Gasteiger partial charge in [-0.25, -0.2) is 17.4 Å². The molecule has 29 heavy (non-hydrogen) atoms. The van der Waals surface area contributed by atoms with Gasteiger partial charge in [-0.15, -0.1) is 0 Å². The van der Waals surface area contributed by atoms with E-state index in [4.69, 9.17) is 0 Å². The van der Waals surface area contributed by atoms with E-state index >= 15 is 0 Å². The Morgan fingerprint density at radius 2 is 1.62 bits per heavy atom. The van der Waals surface area contributed by atoms with Crippen molar-refractivity contribution in [2.75, 3.05) is 0 Å². The molecule has 146 valence electrons. The Morgan fingerprint density at radius 1 is 0.931 bits per heavy atom. The molecule has 9 heteroatoms. The molecular formula is C20H16N4O4S. The van der Waals surface area contributed by atoms with Crippen molar-refractivity contribution in [3.8, 4) is 0 Å². The summed E-state index contributed by atoms with van der Waals surface area (Å²) in [5, 5.41) is 10.9. The minimum atomic E-state index is -3.98. The van der Waals surface area contributed by atoms with Crippen molar-refractivity contribution in [1.29, 1.82) is 0 Å². The molecule has 0 aliphatic heterocycles. The van der Waals surface area contributed by atoms with E-state index in [0.717, 1.165) is 5.56 Å². The molecule has 0 atom stereocenters. The van der Waals surface area contributed by atoms with E-state index in [1.807, 2.05) is 12.1 Å². The van der Waals surface area contributed by atoms with Crippen LogP contribution in [0.3, 0.4) is 0 Å². The zero-order chi connectivity index (χ0) is 20.4. The maximum absolute atomic E-state index is 13.4. The normalized spacial score (nSPS) is 11.6. The number of rotatable bonds is 6. The zero-order valence-electron chi connectivity index (χ0n) is 15.2. The van der Waals surface area contributed by atoms with E-state index in [0.29, 0.717) is 29.7 Å². The lowest BCUT2D eigenvalue weighted by molar-refractivity contribution is -0.384. The number of nitrogens with zero attached hydrogens (tertiary/aromatic N) is 4. The summed E-state index contributed by atoms with van der Waals surface area (Å²) in [6.07, 6.45) is 4.38. The third kappa shape index (κ3) is 3.59. The maximum atomic E-state index is 13.4. The summed E-state index contributed by atoms with van der Waals surface area (Å²) in [6.45, 7) is 0. The van der Waals surface area contributed by atoms with Gasteiger partial charge >= 0.3 is 0 Å². The van der Waals surface area contributed by atoms with Crippen LogP contribution < -0.4 is 0 Å². The van der Waals surface area contributed by atoms with E-state index in [2.05, 4.69) is 9.97 Å². The van der Waals surface area contributed by atoms with E-state index in [1.165, 1.54) is 28.2 Å². The van der Waals surface area contributed by atoms with Crippen LogP contribution in [-0.2, 0) is 22.9 Å². The highest BCUT2D eigenvalue weighted by Gasteiger charge is 2.24. The Balaban J connectivity index is 1.79. The fourth-order valence-corrected chi connectivity index (χ4v) is 4.64. The number of nitro groups is 1. The van der Waals surface area contributed by atoms with E-state index in [1.54, 1.807) is 36.7 Å². The molecule has 0 aliphatic carbocycles. The minimum absolute atomic E-state index is 0.0311. The van der Waals surface area contributed by atoms with Crippen molar-refractivity contribution in [3.63, 3.8) is 0 Å². The Morgan fingerprint density at radius 3 is 2.31 bits per heavy atom. The second-order valence-electron chi connectivity index (χ2n) is 6.39. The molecule has 4 aromatic rings. The first-order valence-corrected chi connectivity index (χ1v) is 10.3. The van der Waals surface area contributed by atoms with Crippen molar-refractivity contribution in [1.82, 2.24) is 13.9 Å². The van der Waals surface area contributed by atoms with Crippen LogP contribution in [0.1, 0.15) is 11.4 Å². The molecule has 2 aromatic carbocycles. The van der Waals surface area contributed by atoms with Crippen LogP contribution in [0.25, 0.3) is 11.0 Å². The fourth-order valence-electron chi connectivity index (χ4n) is 3.13. The van der Waals surface area contributed by atoms with Crippen molar-refractivity contribution >= 4 is 26.7 Å². The van der Waals surface area contributed by atoms with Gasteiger partial charge in [-0.1, -0.05) is 12.1 Å². The number of pyridine rings is 1. The zero-order valence-corrected chi connectivity index (χ0v) is 16.0. The molecule has 4 rings (SSSR count). The van der Waals surface area contributed by atoms with E-state index in [-0.39, 0.29) is 10.6 Å². The van der Waals surface area contributed by atoms with E-state index in [9.17, 15) is 18.5 Å². The van der Waals surface area contributed by atoms with Gasteiger partial charge in [0.05, 0.1) is 20.9 Å². The van der Waals surface area contributed by atoms with Crippen LogP contribution in [0.2, 0.25) is 0 Å². The molecule has 0 N–H and O–H groups in total. The number of hydrogen-bond donors (Lipinski definition) is 0.